The van der Waals surface area contributed by atoms with Crippen molar-refractivity contribution in [2.75, 3.05) is 13.1 Å². The van der Waals surface area contributed by atoms with E-state index in [4.69, 9.17) is 0 Å². The first kappa shape index (κ1) is 14.5. The maximum Gasteiger partial charge on any atom is 0.0572 e. The van der Waals surface area contributed by atoms with Crippen molar-refractivity contribution in [3.8, 4) is 0 Å². The topological polar surface area (TPSA) is 28.2 Å². The standard InChI is InChI=1S/C16H27N3/c1-13(2)19(12-15-8-4-6-10-17-15)14(3)16-9-5-7-11-18-16/h5,7,9,11,13-15,17H,4,6,8,10,12H2,1-3H3. The minimum Gasteiger partial charge on any atom is -0.313 e. The lowest BCUT2D eigenvalue weighted by atomic mass is 10.0. The highest BCUT2D eigenvalue weighted by Gasteiger charge is 2.24. The molecule has 2 rings (SSSR count). The Balaban J connectivity index is 2.02. The molecule has 1 aliphatic heterocycles. The average molecular weight is 261 g/mol. The molecule has 0 aromatic carbocycles. The van der Waals surface area contributed by atoms with E-state index in [1.54, 1.807) is 0 Å². The molecule has 3 heteroatoms. The summed E-state index contributed by atoms with van der Waals surface area (Å²) in [5.74, 6) is 0. The Morgan fingerprint density at radius 2 is 2.16 bits per heavy atom. The molecule has 0 amide bonds. The second kappa shape index (κ2) is 7.01. The fourth-order valence-corrected chi connectivity index (χ4v) is 2.94. The van der Waals surface area contributed by atoms with Crippen LogP contribution in [0.1, 0.15) is 51.8 Å². The maximum absolute atomic E-state index is 4.51. The smallest absolute Gasteiger partial charge is 0.0572 e. The summed E-state index contributed by atoms with van der Waals surface area (Å²) in [5.41, 5.74) is 1.17. The first-order valence-corrected chi connectivity index (χ1v) is 7.58. The third kappa shape index (κ3) is 4.02. The summed E-state index contributed by atoms with van der Waals surface area (Å²) in [6.45, 7) is 9.12. The zero-order valence-corrected chi connectivity index (χ0v) is 12.5. The maximum atomic E-state index is 4.51. The van der Waals surface area contributed by atoms with Crippen molar-refractivity contribution in [2.24, 2.45) is 0 Å². The van der Waals surface area contributed by atoms with E-state index in [-0.39, 0.29) is 0 Å². The summed E-state index contributed by atoms with van der Waals surface area (Å²) in [5, 5.41) is 3.65. The summed E-state index contributed by atoms with van der Waals surface area (Å²) in [7, 11) is 0. The average Bonchev–Trinajstić information content (AvgIpc) is 2.46. The molecule has 1 N–H and O–H groups in total. The van der Waals surface area contributed by atoms with Crippen LogP contribution in [-0.4, -0.2) is 35.1 Å². The number of hydrogen-bond donors (Lipinski definition) is 1. The molecule has 0 aliphatic carbocycles. The van der Waals surface area contributed by atoms with Gasteiger partial charge in [0.05, 0.1) is 5.69 Å². The second-order valence-corrected chi connectivity index (χ2v) is 5.87. The third-order valence-electron chi connectivity index (χ3n) is 4.12. The Labute approximate surface area is 117 Å². The normalized spacial score (nSPS) is 21.8. The highest BCUT2D eigenvalue weighted by Crippen LogP contribution is 2.22. The number of pyridine rings is 1. The van der Waals surface area contributed by atoms with Gasteiger partial charge < -0.3 is 5.32 Å². The number of nitrogens with one attached hydrogen (secondary N) is 1. The lowest BCUT2D eigenvalue weighted by molar-refractivity contribution is 0.135. The van der Waals surface area contributed by atoms with E-state index in [0.29, 0.717) is 18.1 Å². The molecule has 19 heavy (non-hydrogen) atoms. The Hall–Kier alpha value is -0.930. The third-order valence-corrected chi connectivity index (χ3v) is 4.12. The Morgan fingerprint density at radius 3 is 2.74 bits per heavy atom. The molecule has 1 saturated heterocycles. The van der Waals surface area contributed by atoms with Crippen LogP contribution in [0.2, 0.25) is 0 Å². The minimum atomic E-state index is 0.380. The summed E-state index contributed by atoms with van der Waals surface area (Å²) in [6, 6.07) is 7.76. The van der Waals surface area contributed by atoms with Crippen molar-refractivity contribution in [2.45, 2.75) is 58.2 Å². The first-order valence-electron chi connectivity index (χ1n) is 7.58. The molecule has 2 heterocycles. The predicted molar refractivity (Wildman–Crippen MR) is 80.1 cm³/mol. The van der Waals surface area contributed by atoms with Crippen molar-refractivity contribution in [1.82, 2.24) is 15.2 Å². The molecule has 0 spiro atoms. The highest BCUT2D eigenvalue weighted by atomic mass is 15.2. The number of hydrogen-bond acceptors (Lipinski definition) is 3. The van der Waals surface area contributed by atoms with Gasteiger partial charge in [0.1, 0.15) is 0 Å². The van der Waals surface area contributed by atoms with Crippen molar-refractivity contribution in [3.63, 3.8) is 0 Å². The molecular weight excluding hydrogens is 234 g/mol. The fourth-order valence-electron chi connectivity index (χ4n) is 2.94. The minimum absolute atomic E-state index is 0.380. The van der Waals surface area contributed by atoms with Crippen molar-refractivity contribution >= 4 is 0 Å². The van der Waals surface area contributed by atoms with Crippen molar-refractivity contribution in [3.05, 3.63) is 30.1 Å². The van der Waals surface area contributed by atoms with Crippen LogP contribution in [0.15, 0.2) is 24.4 Å². The molecule has 2 atom stereocenters. The monoisotopic (exact) mass is 261 g/mol. The lowest BCUT2D eigenvalue weighted by Gasteiger charge is -2.37. The molecule has 0 bridgehead atoms. The summed E-state index contributed by atoms with van der Waals surface area (Å²) < 4.78 is 0. The summed E-state index contributed by atoms with van der Waals surface area (Å²) >= 11 is 0. The van der Waals surface area contributed by atoms with Crippen LogP contribution in [-0.2, 0) is 0 Å². The molecule has 1 fully saturated rings. The van der Waals surface area contributed by atoms with Gasteiger partial charge in [-0.15, -0.1) is 0 Å². The quantitative estimate of drug-likeness (QED) is 0.883. The van der Waals surface area contributed by atoms with Crippen LogP contribution in [0.4, 0.5) is 0 Å². The molecule has 2 unspecified atom stereocenters. The van der Waals surface area contributed by atoms with Gasteiger partial charge in [-0.25, -0.2) is 0 Å². The second-order valence-electron chi connectivity index (χ2n) is 5.87. The summed E-state index contributed by atoms with van der Waals surface area (Å²) in [6.07, 6.45) is 5.89. The molecule has 0 saturated carbocycles. The lowest BCUT2D eigenvalue weighted by Crippen LogP contribution is -2.46. The molecule has 3 nitrogen and oxygen atoms in total. The zero-order chi connectivity index (χ0) is 13.7. The Kier molecular flexibility index (Phi) is 5.34. The van der Waals surface area contributed by atoms with E-state index in [1.807, 2.05) is 12.3 Å². The SMILES string of the molecule is CC(C)N(CC1CCCCN1)C(C)c1ccccn1. The number of nitrogens with zero attached hydrogens (tertiary/aromatic N) is 2. The van der Waals surface area contributed by atoms with Gasteiger partial charge in [-0.3, -0.25) is 9.88 Å². The van der Waals surface area contributed by atoms with E-state index >= 15 is 0 Å². The molecule has 1 aliphatic rings. The summed E-state index contributed by atoms with van der Waals surface area (Å²) in [4.78, 5) is 7.07. The van der Waals surface area contributed by atoms with Crippen LogP contribution in [0.25, 0.3) is 0 Å². The molecule has 1 aromatic heterocycles. The number of aromatic nitrogens is 1. The van der Waals surface area contributed by atoms with Gasteiger partial charge in [0.15, 0.2) is 0 Å². The van der Waals surface area contributed by atoms with Gasteiger partial charge in [-0.1, -0.05) is 12.5 Å². The Morgan fingerprint density at radius 1 is 1.32 bits per heavy atom. The molecule has 0 radical (unpaired) electrons. The van der Waals surface area contributed by atoms with E-state index in [0.717, 1.165) is 6.54 Å². The van der Waals surface area contributed by atoms with E-state index in [9.17, 15) is 0 Å². The van der Waals surface area contributed by atoms with Gasteiger partial charge in [0, 0.05) is 30.9 Å². The fraction of sp³-hybridized carbons (Fsp3) is 0.688. The molecule has 106 valence electrons. The Bertz CT molecular complexity index is 358. The highest BCUT2D eigenvalue weighted by molar-refractivity contribution is 5.08. The zero-order valence-electron chi connectivity index (χ0n) is 12.5. The van der Waals surface area contributed by atoms with E-state index in [2.05, 4.69) is 48.1 Å². The van der Waals surface area contributed by atoms with Gasteiger partial charge in [-0.2, -0.15) is 0 Å². The van der Waals surface area contributed by atoms with Gasteiger partial charge in [-0.05, 0) is 52.3 Å². The largest absolute Gasteiger partial charge is 0.313 e. The van der Waals surface area contributed by atoms with Gasteiger partial charge in [0.25, 0.3) is 0 Å². The van der Waals surface area contributed by atoms with Crippen molar-refractivity contribution < 1.29 is 0 Å². The molecule has 1 aromatic rings. The number of rotatable bonds is 5. The van der Waals surface area contributed by atoms with Crippen LogP contribution in [0.5, 0.6) is 0 Å². The van der Waals surface area contributed by atoms with Crippen molar-refractivity contribution in [1.29, 1.82) is 0 Å². The van der Waals surface area contributed by atoms with Crippen LogP contribution < -0.4 is 5.32 Å². The molecular formula is C16H27N3. The van der Waals surface area contributed by atoms with E-state index in [1.165, 1.54) is 31.5 Å². The van der Waals surface area contributed by atoms with Gasteiger partial charge >= 0.3 is 0 Å². The van der Waals surface area contributed by atoms with Crippen LogP contribution >= 0.6 is 0 Å². The van der Waals surface area contributed by atoms with Crippen LogP contribution in [0, 0.1) is 0 Å². The predicted octanol–water partition coefficient (Wildman–Crippen LogP) is 3.00. The number of piperidine rings is 1. The van der Waals surface area contributed by atoms with Gasteiger partial charge in [0.2, 0.25) is 0 Å². The van der Waals surface area contributed by atoms with E-state index < -0.39 is 0 Å². The van der Waals surface area contributed by atoms with Crippen LogP contribution in [0.3, 0.4) is 0 Å². The first-order chi connectivity index (χ1) is 9.18.